The molecule has 4 nitrogen and oxygen atoms in total. The monoisotopic (exact) mass is 384 g/mol. The zero-order valence-corrected chi connectivity index (χ0v) is 14.4. The third-order valence-electron chi connectivity index (χ3n) is 4.12. The fourth-order valence-corrected chi connectivity index (χ4v) is 3.12. The summed E-state index contributed by atoms with van der Waals surface area (Å²) in [5.41, 5.74) is 2.66. The maximum absolute atomic E-state index is 12.4. The Balaban J connectivity index is 1.63. The van der Waals surface area contributed by atoms with Crippen LogP contribution in [0.2, 0.25) is 5.02 Å². The first-order valence-electron chi connectivity index (χ1n) is 8.04. The molecular weight excluding hydrogens is 369 g/mol. The van der Waals surface area contributed by atoms with E-state index in [2.05, 4.69) is 21.1 Å². The van der Waals surface area contributed by atoms with E-state index >= 15 is 0 Å². The standard InChI is InChI=1S/C18H16ClF3N2O2/c19-15-8-13(9-23-17(15)26-10-18(20,21)22)16(25)24-14-6-5-11-3-1-2-4-12(11)7-14/h1-4,8-9,14H,5-7,10H2,(H,24,25). The number of nitrogens with zero attached hydrogens (tertiary/aromatic N) is 1. The molecule has 0 aliphatic heterocycles. The highest BCUT2D eigenvalue weighted by molar-refractivity contribution is 6.32. The van der Waals surface area contributed by atoms with Crippen LogP contribution >= 0.6 is 11.6 Å². The third-order valence-corrected chi connectivity index (χ3v) is 4.39. The average Bonchev–Trinajstić information content (AvgIpc) is 2.59. The Kier molecular flexibility index (Phi) is 5.36. The SMILES string of the molecule is O=C(NC1CCc2ccccc2C1)c1cnc(OCC(F)(F)F)c(Cl)c1. The van der Waals surface area contributed by atoms with E-state index < -0.39 is 12.8 Å². The molecule has 2 aromatic rings. The van der Waals surface area contributed by atoms with Gasteiger partial charge in [0.2, 0.25) is 5.88 Å². The fraction of sp³-hybridized carbons (Fsp3) is 0.333. The third kappa shape index (κ3) is 4.66. The number of carbonyl (C=O) groups is 1. The van der Waals surface area contributed by atoms with Crippen molar-refractivity contribution in [2.75, 3.05) is 6.61 Å². The number of rotatable bonds is 4. The lowest BCUT2D eigenvalue weighted by molar-refractivity contribution is -0.154. The van der Waals surface area contributed by atoms with Crippen molar-refractivity contribution < 1.29 is 22.7 Å². The van der Waals surface area contributed by atoms with Gasteiger partial charge in [0.05, 0.1) is 5.56 Å². The van der Waals surface area contributed by atoms with Crippen LogP contribution < -0.4 is 10.1 Å². The molecule has 1 N–H and O–H groups in total. The summed E-state index contributed by atoms with van der Waals surface area (Å²) in [5, 5.41) is 2.78. The molecule has 26 heavy (non-hydrogen) atoms. The highest BCUT2D eigenvalue weighted by Gasteiger charge is 2.29. The van der Waals surface area contributed by atoms with E-state index in [-0.39, 0.29) is 28.4 Å². The molecule has 138 valence electrons. The molecule has 1 aromatic carbocycles. The van der Waals surface area contributed by atoms with E-state index in [0.29, 0.717) is 0 Å². The second-order valence-corrected chi connectivity index (χ2v) is 6.50. The van der Waals surface area contributed by atoms with Crippen molar-refractivity contribution in [2.24, 2.45) is 0 Å². The van der Waals surface area contributed by atoms with E-state index in [1.165, 1.54) is 17.2 Å². The van der Waals surface area contributed by atoms with Gasteiger partial charge in [-0.1, -0.05) is 35.9 Å². The largest absolute Gasteiger partial charge is 0.467 e. The topological polar surface area (TPSA) is 51.2 Å². The molecule has 1 aliphatic carbocycles. The van der Waals surface area contributed by atoms with Gasteiger partial charge < -0.3 is 10.1 Å². The summed E-state index contributed by atoms with van der Waals surface area (Å²) in [7, 11) is 0. The van der Waals surface area contributed by atoms with Gasteiger partial charge in [0, 0.05) is 12.2 Å². The molecular formula is C18H16ClF3N2O2. The van der Waals surface area contributed by atoms with Crippen molar-refractivity contribution in [2.45, 2.75) is 31.5 Å². The zero-order valence-electron chi connectivity index (χ0n) is 13.6. The lowest BCUT2D eigenvalue weighted by atomic mass is 9.88. The van der Waals surface area contributed by atoms with E-state index in [4.69, 9.17) is 11.6 Å². The molecule has 1 aliphatic rings. The number of ether oxygens (including phenoxy) is 1. The predicted octanol–water partition coefficient (Wildman–Crippen LogP) is 3.96. The maximum Gasteiger partial charge on any atom is 0.422 e. The second kappa shape index (κ2) is 7.53. The molecule has 0 radical (unpaired) electrons. The molecule has 8 heteroatoms. The Morgan fingerprint density at radius 1 is 1.31 bits per heavy atom. The molecule has 0 bridgehead atoms. The number of fused-ring (bicyclic) bond motifs is 1. The van der Waals surface area contributed by atoms with Crippen LogP contribution in [0.3, 0.4) is 0 Å². The molecule has 0 saturated carbocycles. The number of halogens is 4. The lowest BCUT2D eigenvalue weighted by Gasteiger charge is -2.25. The first-order valence-corrected chi connectivity index (χ1v) is 8.42. The number of benzene rings is 1. The number of aryl methyl sites for hydroxylation is 1. The van der Waals surface area contributed by atoms with Crippen LogP contribution in [0.15, 0.2) is 36.5 Å². The van der Waals surface area contributed by atoms with Crippen molar-refractivity contribution in [3.8, 4) is 5.88 Å². The summed E-state index contributed by atoms with van der Waals surface area (Å²) >= 11 is 5.88. The van der Waals surface area contributed by atoms with Gasteiger partial charge >= 0.3 is 6.18 Å². The molecule has 0 fully saturated rings. The van der Waals surface area contributed by atoms with Gasteiger partial charge in [-0.2, -0.15) is 13.2 Å². The van der Waals surface area contributed by atoms with E-state index in [9.17, 15) is 18.0 Å². The normalized spacial score (nSPS) is 16.7. The molecule has 1 aromatic heterocycles. The Morgan fingerprint density at radius 3 is 2.73 bits per heavy atom. The molecule has 3 rings (SSSR count). The quantitative estimate of drug-likeness (QED) is 0.868. The van der Waals surface area contributed by atoms with Crippen molar-refractivity contribution in [3.05, 3.63) is 58.2 Å². The van der Waals surface area contributed by atoms with Crippen LogP contribution in [0.5, 0.6) is 5.88 Å². The molecule has 1 heterocycles. The minimum Gasteiger partial charge on any atom is -0.467 e. The fourth-order valence-electron chi connectivity index (χ4n) is 2.90. The summed E-state index contributed by atoms with van der Waals surface area (Å²) in [6, 6.07) is 9.32. The van der Waals surface area contributed by atoms with E-state index in [1.54, 1.807) is 0 Å². The summed E-state index contributed by atoms with van der Waals surface area (Å²) in [4.78, 5) is 16.1. The molecule has 0 spiro atoms. The molecule has 1 amide bonds. The molecule has 1 unspecified atom stereocenters. The van der Waals surface area contributed by atoms with Crippen molar-refractivity contribution >= 4 is 17.5 Å². The Morgan fingerprint density at radius 2 is 2.04 bits per heavy atom. The summed E-state index contributed by atoms with van der Waals surface area (Å²) < 4.78 is 41.1. The Bertz CT molecular complexity index is 811. The second-order valence-electron chi connectivity index (χ2n) is 6.10. The first kappa shape index (κ1) is 18.5. The number of hydrogen-bond donors (Lipinski definition) is 1. The van der Waals surface area contributed by atoms with Gasteiger partial charge in [-0.05, 0) is 36.5 Å². The maximum atomic E-state index is 12.4. The summed E-state index contributed by atoms with van der Waals surface area (Å²) in [6.07, 6.45) is -0.904. The van der Waals surface area contributed by atoms with Crippen molar-refractivity contribution in [1.82, 2.24) is 10.3 Å². The van der Waals surface area contributed by atoms with Crippen LogP contribution in [0.25, 0.3) is 0 Å². The first-order chi connectivity index (χ1) is 12.3. The highest BCUT2D eigenvalue weighted by Crippen LogP contribution is 2.25. The van der Waals surface area contributed by atoms with Gasteiger partial charge in [-0.25, -0.2) is 4.98 Å². The van der Waals surface area contributed by atoms with Crippen LogP contribution in [0.1, 0.15) is 27.9 Å². The smallest absolute Gasteiger partial charge is 0.422 e. The molecule has 0 saturated heterocycles. The number of aromatic nitrogens is 1. The lowest BCUT2D eigenvalue weighted by Crippen LogP contribution is -2.38. The number of pyridine rings is 1. The van der Waals surface area contributed by atoms with Gasteiger partial charge in [-0.15, -0.1) is 0 Å². The number of alkyl halides is 3. The number of nitrogens with one attached hydrogen (secondary N) is 1. The Labute approximate surface area is 153 Å². The average molecular weight is 385 g/mol. The summed E-state index contributed by atoms with van der Waals surface area (Å²) in [6.45, 7) is -1.49. The van der Waals surface area contributed by atoms with Crippen LogP contribution in [0, 0.1) is 0 Å². The summed E-state index contributed by atoms with van der Waals surface area (Å²) in [5.74, 6) is -0.724. The van der Waals surface area contributed by atoms with Crippen LogP contribution in [0.4, 0.5) is 13.2 Å². The van der Waals surface area contributed by atoms with Crippen molar-refractivity contribution in [3.63, 3.8) is 0 Å². The van der Waals surface area contributed by atoms with Gasteiger partial charge in [-0.3, -0.25) is 4.79 Å². The van der Waals surface area contributed by atoms with Gasteiger partial charge in [0.15, 0.2) is 6.61 Å². The van der Waals surface area contributed by atoms with E-state index in [0.717, 1.165) is 25.5 Å². The molecule has 1 atom stereocenters. The highest BCUT2D eigenvalue weighted by atomic mass is 35.5. The van der Waals surface area contributed by atoms with Crippen LogP contribution in [-0.4, -0.2) is 29.7 Å². The number of amides is 1. The van der Waals surface area contributed by atoms with Gasteiger partial charge in [0.25, 0.3) is 5.91 Å². The minimum absolute atomic E-state index is 0.0164. The van der Waals surface area contributed by atoms with Crippen LogP contribution in [-0.2, 0) is 12.8 Å². The number of carbonyl (C=O) groups excluding carboxylic acids is 1. The van der Waals surface area contributed by atoms with Crippen molar-refractivity contribution in [1.29, 1.82) is 0 Å². The van der Waals surface area contributed by atoms with E-state index in [1.807, 2.05) is 18.2 Å². The zero-order chi connectivity index (χ0) is 18.7. The number of hydrogen-bond acceptors (Lipinski definition) is 3. The Hall–Kier alpha value is -2.28. The predicted molar refractivity (Wildman–Crippen MR) is 90.5 cm³/mol. The minimum atomic E-state index is -4.49. The van der Waals surface area contributed by atoms with Gasteiger partial charge in [0.1, 0.15) is 5.02 Å².